The number of rotatable bonds is 8. The minimum absolute atomic E-state index is 0.474. The fourth-order valence-electron chi connectivity index (χ4n) is 1.45. The van der Waals surface area contributed by atoms with Crippen molar-refractivity contribution >= 4 is 18.1 Å². The van der Waals surface area contributed by atoms with Gasteiger partial charge in [-0.2, -0.15) is 0 Å². The smallest absolute Gasteiger partial charge is 0.330 e. The molecule has 3 N–H and O–H groups in total. The first-order chi connectivity index (χ1) is 9.65. The number of allylic oxidation sites excluding steroid dienone is 3. The van der Waals surface area contributed by atoms with Crippen LogP contribution in [0.2, 0.25) is 0 Å². The molecule has 104 valence electrons. The van der Waals surface area contributed by atoms with Crippen LogP contribution in [0.3, 0.4) is 0 Å². The van der Waals surface area contributed by atoms with Crippen LogP contribution in [0.1, 0.15) is 5.56 Å². The average Bonchev–Trinajstić information content (AvgIpc) is 2.43. The van der Waals surface area contributed by atoms with Crippen molar-refractivity contribution in [2.24, 2.45) is 0 Å². The number of carboxylic acids is 1. The number of hydrogen-bond donors (Lipinski definition) is 3. The van der Waals surface area contributed by atoms with Crippen LogP contribution in [-0.2, 0) is 16.1 Å². The van der Waals surface area contributed by atoms with Crippen molar-refractivity contribution in [1.29, 1.82) is 0 Å². The second-order valence-corrected chi connectivity index (χ2v) is 3.85. The lowest BCUT2D eigenvalue weighted by Gasteiger charge is -2.07. The lowest BCUT2D eigenvalue weighted by molar-refractivity contribution is -0.131. The van der Waals surface area contributed by atoms with Gasteiger partial charge >= 0.3 is 5.97 Å². The molecule has 0 unspecified atom stereocenters. The van der Waals surface area contributed by atoms with Crippen molar-refractivity contribution in [3.63, 3.8) is 0 Å². The van der Waals surface area contributed by atoms with E-state index >= 15 is 0 Å². The summed E-state index contributed by atoms with van der Waals surface area (Å²) in [5.74, 6) is -1.02. The van der Waals surface area contributed by atoms with Gasteiger partial charge in [-0.25, -0.2) is 4.79 Å². The number of amides is 1. The monoisotopic (exact) mass is 272 g/mol. The molecule has 1 rings (SSSR count). The summed E-state index contributed by atoms with van der Waals surface area (Å²) in [6.07, 6.45) is 6.54. The Bertz CT molecular complexity index is 531. The number of carbonyl (C=O) groups excluding carboxylic acids is 1. The first-order valence-electron chi connectivity index (χ1n) is 5.92. The first-order valence-corrected chi connectivity index (χ1v) is 5.92. The second kappa shape index (κ2) is 8.31. The van der Waals surface area contributed by atoms with Gasteiger partial charge in [-0.15, -0.1) is 0 Å². The van der Waals surface area contributed by atoms with Crippen LogP contribution in [0.15, 0.2) is 60.8 Å². The highest BCUT2D eigenvalue weighted by Gasteiger charge is 1.98. The van der Waals surface area contributed by atoms with Gasteiger partial charge in [-0.05, 0) is 23.8 Å². The number of anilines is 1. The molecule has 0 aliphatic rings. The Morgan fingerprint density at radius 1 is 1.30 bits per heavy atom. The highest BCUT2D eigenvalue weighted by Crippen LogP contribution is 2.09. The van der Waals surface area contributed by atoms with E-state index in [0.717, 1.165) is 11.6 Å². The van der Waals surface area contributed by atoms with Crippen LogP contribution in [0, 0.1) is 0 Å². The number of benzene rings is 1. The molecule has 0 saturated heterocycles. The van der Waals surface area contributed by atoms with Crippen LogP contribution >= 0.6 is 0 Å². The molecule has 0 radical (unpaired) electrons. The fourth-order valence-corrected chi connectivity index (χ4v) is 1.45. The highest BCUT2D eigenvalue weighted by atomic mass is 16.4. The number of aliphatic carboxylic acids is 1. The number of nitrogens with one attached hydrogen (secondary N) is 2. The molecule has 1 aromatic rings. The van der Waals surface area contributed by atoms with Gasteiger partial charge in [0.15, 0.2) is 0 Å². The third kappa shape index (κ3) is 5.68. The molecule has 0 fully saturated rings. The molecule has 0 spiro atoms. The summed E-state index contributed by atoms with van der Waals surface area (Å²) in [7, 11) is 0. The average molecular weight is 272 g/mol. The zero-order chi connectivity index (χ0) is 14.8. The maximum Gasteiger partial charge on any atom is 0.330 e. The Balaban J connectivity index is 2.67. The summed E-state index contributed by atoms with van der Waals surface area (Å²) in [4.78, 5) is 21.0. The van der Waals surface area contributed by atoms with Crippen molar-refractivity contribution < 1.29 is 14.7 Å². The summed E-state index contributed by atoms with van der Waals surface area (Å²) in [5.41, 5.74) is 2.15. The van der Waals surface area contributed by atoms with E-state index < -0.39 is 5.97 Å². The maximum absolute atomic E-state index is 10.7. The molecule has 0 saturated carbocycles. The minimum Gasteiger partial charge on any atom is -0.478 e. The van der Waals surface area contributed by atoms with Gasteiger partial charge < -0.3 is 15.7 Å². The molecular weight excluding hydrogens is 256 g/mol. The fraction of sp³-hybridized carbons (Fsp3) is 0.0667. The molecule has 5 heteroatoms. The highest BCUT2D eigenvalue weighted by molar-refractivity contribution is 5.81. The summed E-state index contributed by atoms with van der Waals surface area (Å²) in [6, 6.07) is 7.22. The van der Waals surface area contributed by atoms with E-state index in [1.165, 1.54) is 0 Å². The van der Waals surface area contributed by atoms with E-state index in [1.54, 1.807) is 30.4 Å². The van der Waals surface area contributed by atoms with E-state index in [0.29, 0.717) is 24.3 Å². The topological polar surface area (TPSA) is 78.4 Å². The van der Waals surface area contributed by atoms with Crippen LogP contribution in [-0.4, -0.2) is 17.5 Å². The SMILES string of the molecule is C=C/C=C\C(=C\C(=O)O)NCc1ccc(NC=O)cc1. The molecular formula is C15H16N2O3. The Labute approximate surface area is 117 Å². The van der Waals surface area contributed by atoms with E-state index in [2.05, 4.69) is 17.2 Å². The Morgan fingerprint density at radius 3 is 2.55 bits per heavy atom. The largest absolute Gasteiger partial charge is 0.478 e. The normalized spacial score (nSPS) is 11.1. The maximum atomic E-state index is 10.7. The van der Waals surface area contributed by atoms with Crippen LogP contribution in [0.25, 0.3) is 0 Å². The molecule has 0 aromatic heterocycles. The zero-order valence-electron chi connectivity index (χ0n) is 10.9. The molecule has 0 heterocycles. The van der Waals surface area contributed by atoms with Crippen LogP contribution in [0.5, 0.6) is 0 Å². The van der Waals surface area contributed by atoms with Crippen molar-refractivity contribution in [2.75, 3.05) is 5.32 Å². The summed E-state index contributed by atoms with van der Waals surface area (Å²) in [6.45, 7) is 4.01. The van der Waals surface area contributed by atoms with Crippen LogP contribution < -0.4 is 10.6 Å². The van der Waals surface area contributed by atoms with Crippen molar-refractivity contribution in [1.82, 2.24) is 5.32 Å². The minimum atomic E-state index is -1.02. The number of carbonyl (C=O) groups is 2. The van der Waals surface area contributed by atoms with Crippen molar-refractivity contribution in [2.45, 2.75) is 6.54 Å². The Morgan fingerprint density at radius 2 is 2.00 bits per heavy atom. The van der Waals surface area contributed by atoms with E-state index in [4.69, 9.17) is 5.11 Å². The summed E-state index contributed by atoms with van der Waals surface area (Å²) >= 11 is 0. The van der Waals surface area contributed by atoms with Crippen molar-refractivity contribution in [3.05, 3.63) is 66.4 Å². The first kappa shape index (κ1) is 15.2. The van der Waals surface area contributed by atoms with Gasteiger partial charge in [0.25, 0.3) is 0 Å². The van der Waals surface area contributed by atoms with E-state index in [-0.39, 0.29) is 0 Å². The molecule has 0 aliphatic carbocycles. The Kier molecular flexibility index (Phi) is 6.33. The Hall–Kier alpha value is -2.82. The molecule has 1 amide bonds. The second-order valence-electron chi connectivity index (χ2n) is 3.85. The summed E-state index contributed by atoms with van der Waals surface area (Å²) < 4.78 is 0. The zero-order valence-corrected chi connectivity index (χ0v) is 10.9. The van der Waals surface area contributed by atoms with Gasteiger partial charge in [-0.1, -0.05) is 30.9 Å². The molecule has 5 nitrogen and oxygen atoms in total. The third-order valence-electron chi connectivity index (χ3n) is 2.37. The number of carboxylic acid groups (broad SMARTS) is 1. The summed E-state index contributed by atoms with van der Waals surface area (Å²) in [5, 5.41) is 14.3. The van der Waals surface area contributed by atoms with Gasteiger partial charge in [0, 0.05) is 24.0 Å². The molecule has 20 heavy (non-hydrogen) atoms. The van der Waals surface area contributed by atoms with Gasteiger partial charge in [0.05, 0.1) is 0 Å². The molecule has 0 bridgehead atoms. The quantitative estimate of drug-likeness (QED) is 0.384. The van der Waals surface area contributed by atoms with Crippen molar-refractivity contribution in [3.8, 4) is 0 Å². The lowest BCUT2D eigenvalue weighted by Crippen LogP contribution is -2.12. The number of hydrogen-bond acceptors (Lipinski definition) is 3. The molecule has 1 aromatic carbocycles. The predicted molar refractivity (Wildman–Crippen MR) is 78.0 cm³/mol. The van der Waals surface area contributed by atoms with Crippen LogP contribution in [0.4, 0.5) is 5.69 Å². The lowest BCUT2D eigenvalue weighted by atomic mass is 10.2. The molecule has 0 atom stereocenters. The standard InChI is InChI=1S/C15H16N2O3/c1-2-3-4-14(9-15(19)20)16-10-12-5-7-13(8-6-12)17-11-18/h2-9,11,16H,1,10H2,(H,17,18)(H,19,20)/b4-3-,14-9-. The third-order valence-corrected chi connectivity index (χ3v) is 2.37. The molecule has 0 aliphatic heterocycles. The van der Waals surface area contributed by atoms with Gasteiger partial charge in [-0.3, -0.25) is 4.79 Å². The van der Waals surface area contributed by atoms with Gasteiger partial charge in [0.2, 0.25) is 6.41 Å². The predicted octanol–water partition coefficient (Wildman–Crippen LogP) is 2.06. The van der Waals surface area contributed by atoms with E-state index in [1.807, 2.05) is 12.1 Å². The van der Waals surface area contributed by atoms with Gasteiger partial charge in [0.1, 0.15) is 0 Å². The van der Waals surface area contributed by atoms with E-state index in [9.17, 15) is 9.59 Å².